The maximum atomic E-state index is 11.4. The van der Waals surface area contributed by atoms with Crippen LogP contribution in [0.4, 0.5) is 0 Å². The van der Waals surface area contributed by atoms with Crippen LogP contribution in [0.1, 0.15) is 26.3 Å². The summed E-state index contributed by atoms with van der Waals surface area (Å²) in [6, 6.07) is 7.51. The average Bonchev–Trinajstić information content (AvgIpc) is 2.35. The molecule has 0 heterocycles. The van der Waals surface area contributed by atoms with Gasteiger partial charge in [0.1, 0.15) is 5.75 Å². The van der Waals surface area contributed by atoms with Gasteiger partial charge >= 0.3 is 0 Å². The Morgan fingerprint density at radius 3 is 2.47 bits per heavy atom. The molecular formula is C15H21NO3. The predicted octanol–water partition coefficient (Wildman–Crippen LogP) is 1.98. The van der Waals surface area contributed by atoms with Crippen LogP contribution in [0.25, 0.3) is 6.08 Å². The fraction of sp³-hybridized carbons (Fsp3) is 0.400. The zero-order valence-corrected chi connectivity index (χ0v) is 11.6. The molecule has 1 amide bonds. The number of hydrogen-bond donors (Lipinski definition) is 2. The Kier molecular flexibility index (Phi) is 6.09. The number of aliphatic hydroxyl groups excluding tert-OH is 1. The van der Waals surface area contributed by atoms with Crippen LogP contribution in [0.15, 0.2) is 30.3 Å². The molecule has 0 radical (unpaired) electrons. The number of carbonyl (C=O) groups excluding carboxylic acids is 1. The molecule has 0 aromatic heterocycles. The van der Waals surface area contributed by atoms with Gasteiger partial charge in [-0.15, -0.1) is 0 Å². The van der Waals surface area contributed by atoms with Crippen molar-refractivity contribution in [2.45, 2.75) is 33.0 Å². The largest absolute Gasteiger partial charge is 0.491 e. The Bertz CT molecular complexity index is 422. The van der Waals surface area contributed by atoms with E-state index in [0.29, 0.717) is 0 Å². The highest BCUT2D eigenvalue weighted by atomic mass is 16.5. The predicted molar refractivity (Wildman–Crippen MR) is 75.9 cm³/mol. The first kappa shape index (κ1) is 15.2. The molecule has 0 spiro atoms. The lowest BCUT2D eigenvalue weighted by molar-refractivity contribution is -0.116. The van der Waals surface area contributed by atoms with E-state index in [1.165, 1.54) is 6.08 Å². The smallest absolute Gasteiger partial charge is 0.244 e. The van der Waals surface area contributed by atoms with Crippen molar-refractivity contribution in [1.82, 2.24) is 5.32 Å². The second-order valence-corrected chi connectivity index (χ2v) is 4.66. The van der Waals surface area contributed by atoms with Crippen LogP contribution in [-0.2, 0) is 4.79 Å². The number of rotatable bonds is 6. The van der Waals surface area contributed by atoms with E-state index in [9.17, 15) is 4.79 Å². The van der Waals surface area contributed by atoms with E-state index in [2.05, 4.69) is 5.32 Å². The lowest BCUT2D eigenvalue weighted by Crippen LogP contribution is -2.28. The topological polar surface area (TPSA) is 58.6 Å². The first-order valence-electron chi connectivity index (χ1n) is 6.38. The molecule has 0 aliphatic heterocycles. The van der Waals surface area contributed by atoms with Crippen molar-refractivity contribution in [2.24, 2.45) is 0 Å². The van der Waals surface area contributed by atoms with Crippen molar-refractivity contribution in [3.63, 3.8) is 0 Å². The standard InChI is InChI=1S/C15H21NO3/c1-11(2)19-14-7-4-13(5-8-14)6-9-15(18)16-10-12(3)17/h4-9,11-12,17H,10H2,1-3H3,(H,16,18)/b9-6+. The SMILES string of the molecule is CC(O)CNC(=O)/C=C/c1ccc(OC(C)C)cc1. The summed E-state index contributed by atoms with van der Waals surface area (Å²) < 4.78 is 5.53. The lowest BCUT2D eigenvalue weighted by Gasteiger charge is -2.09. The summed E-state index contributed by atoms with van der Waals surface area (Å²) in [5.41, 5.74) is 0.920. The van der Waals surface area contributed by atoms with E-state index < -0.39 is 6.10 Å². The van der Waals surface area contributed by atoms with Gasteiger partial charge in [-0.3, -0.25) is 4.79 Å². The third-order valence-electron chi connectivity index (χ3n) is 2.25. The maximum absolute atomic E-state index is 11.4. The molecule has 4 nitrogen and oxygen atoms in total. The zero-order chi connectivity index (χ0) is 14.3. The number of carbonyl (C=O) groups is 1. The van der Waals surface area contributed by atoms with Crippen LogP contribution < -0.4 is 10.1 Å². The molecule has 0 saturated heterocycles. The summed E-state index contributed by atoms with van der Waals surface area (Å²) in [5, 5.41) is 11.6. The summed E-state index contributed by atoms with van der Waals surface area (Å²) in [6.07, 6.45) is 2.77. The van der Waals surface area contributed by atoms with Gasteiger partial charge in [-0.1, -0.05) is 12.1 Å². The molecule has 0 aliphatic carbocycles. The molecule has 1 aromatic rings. The average molecular weight is 263 g/mol. The Labute approximate surface area is 114 Å². The number of aliphatic hydroxyl groups is 1. The van der Waals surface area contributed by atoms with Crippen molar-refractivity contribution in [3.8, 4) is 5.75 Å². The Hall–Kier alpha value is -1.81. The highest BCUT2D eigenvalue weighted by Gasteiger charge is 1.99. The van der Waals surface area contributed by atoms with Crippen molar-refractivity contribution in [2.75, 3.05) is 6.54 Å². The minimum atomic E-state index is -0.537. The molecule has 2 N–H and O–H groups in total. The van der Waals surface area contributed by atoms with Gasteiger partial charge in [0.05, 0.1) is 12.2 Å². The van der Waals surface area contributed by atoms with Crippen molar-refractivity contribution >= 4 is 12.0 Å². The third kappa shape index (κ3) is 6.62. The highest BCUT2D eigenvalue weighted by molar-refractivity contribution is 5.91. The monoisotopic (exact) mass is 263 g/mol. The van der Waals surface area contributed by atoms with Gasteiger partial charge in [0.25, 0.3) is 0 Å². The van der Waals surface area contributed by atoms with E-state index in [0.717, 1.165) is 11.3 Å². The van der Waals surface area contributed by atoms with Crippen LogP contribution in [0.3, 0.4) is 0 Å². The van der Waals surface area contributed by atoms with Crippen molar-refractivity contribution in [3.05, 3.63) is 35.9 Å². The van der Waals surface area contributed by atoms with Gasteiger partial charge in [0.15, 0.2) is 0 Å². The molecule has 104 valence electrons. The van der Waals surface area contributed by atoms with Crippen LogP contribution in [0.2, 0.25) is 0 Å². The van der Waals surface area contributed by atoms with Gasteiger partial charge < -0.3 is 15.2 Å². The van der Waals surface area contributed by atoms with E-state index in [1.807, 2.05) is 38.1 Å². The minimum Gasteiger partial charge on any atom is -0.491 e. The van der Waals surface area contributed by atoms with E-state index >= 15 is 0 Å². The van der Waals surface area contributed by atoms with Crippen LogP contribution >= 0.6 is 0 Å². The summed E-state index contributed by atoms with van der Waals surface area (Å²) in [4.78, 5) is 11.4. The molecule has 19 heavy (non-hydrogen) atoms. The van der Waals surface area contributed by atoms with E-state index in [1.54, 1.807) is 13.0 Å². The molecule has 1 atom stereocenters. The zero-order valence-electron chi connectivity index (χ0n) is 11.6. The Morgan fingerprint density at radius 2 is 1.95 bits per heavy atom. The molecule has 1 aromatic carbocycles. The summed E-state index contributed by atoms with van der Waals surface area (Å²) in [7, 11) is 0. The Balaban J connectivity index is 2.50. The van der Waals surface area contributed by atoms with Gasteiger partial charge in [-0.05, 0) is 44.5 Å². The fourth-order valence-electron chi connectivity index (χ4n) is 1.41. The quantitative estimate of drug-likeness (QED) is 0.772. The molecule has 1 unspecified atom stereocenters. The number of benzene rings is 1. The third-order valence-corrected chi connectivity index (χ3v) is 2.25. The number of ether oxygens (including phenoxy) is 1. The number of nitrogens with one attached hydrogen (secondary N) is 1. The molecule has 0 fully saturated rings. The van der Waals surface area contributed by atoms with Crippen LogP contribution in [0, 0.1) is 0 Å². The highest BCUT2D eigenvalue weighted by Crippen LogP contribution is 2.14. The molecule has 0 bridgehead atoms. The van der Waals surface area contributed by atoms with Gasteiger partial charge in [0, 0.05) is 12.6 Å². The van der Waals surface area contributed by atoms with E-state index in [4.69, 9.17) is 9.84 Å². The van der Waals surface area contributed by atoms with Crippen molar-refractivity contribution < 1.29 is 14.6 Å². The minimum absolute atomic E-state index is 0.146. The van der Waals surface area contributed by atoms with Crippen LogP contribution in [0.5, 0.6) is 5.75 Å². The molecular weight excluding hydrogens is 242 g/mol. The molecule has 4 heteroatoms. The first-order chi connectivity index (χ1) is 8.97. The van der Waals surface area contributed by atoms with E-state index in [-0.39, 0.29) is 18.6 Å². The van der Waals surface area contributed by atoms with Gasteiger partial charge in [0.2, 0.25) is 5.91 Å². The van der Waals surface area contributed by atoms with Gasteiger partial charge in [-0.25, -0.2) is 0 Å². The number of amides is 1. The fourth-order valence-corrected chi connectivity index (χ4v) is 1.41. The summed E-state index contributed by atoms with van der Waals surface area (Å²) in [6.45, 7) is 5.82. The lowest BCUT2D eigenvalue weighted by atomic mass is 10.2. The maximum Gasteiger partial charge on any atom is 0.244 e. The van der Waals surface area contributed by atoms with Gasteiger partial charge in [-0.2, -0.15) is 0 Å². The normalized spacial score (nSPS) is 12.7. The summed E-state index contributed by atoms with van der Waals surface area (Å²) in [5.74, 6) is 0.592. The first-order valence-corrected chi connectivity index (χ1v) is 6.38. The molecule has 0 aliphatic rings. The van der Waals surface area contributed by atoms with Crippen molar-refractivity contribution in [1.29, 1.82) is 0 Å². The number of hydrogen-bond acceptors (Lipinski definition) is 3. The van der Waals surface area contributed by atoms with Crippen LogP contribution in [-0.4, -0.2) is 29.8 Å². The summed E-state index contributed by atoms with van der Waals surface area (Å²) >= 11 is 0. The molecule has 1 rings (SSSR count). The second kappa shape index (κ2) is 7.59. The second-order valence-electron chi connectivity index (χ2n) is 4.66. The Morgan fingerprint density at radius 1 is 1.32 bits per heavy atom. The molecule has 0 saturated carbocycles.